The third-order valence-electron chi connectivity index (χ3n) is 5.60. The Bertz CT molecular complexity index is 1330. The molecule has 1 aliphatic heterocycles. The van der Waals surface area contributed by atoms with E-state index in [1.165, 1.54) is 4.90 Å². The number of hydrogen-bond donors (Lipinski definition) is 3. The van der Waals surface area contributed by atoms with Crippen LogP contribution in [-0.4, -0.2) is 65.9 Å². The van der Waals surface area contributed by atoms with Crippen molar-refractivity contribution < 1.29 is 14.4 Å². The molecule has 4 aromatic heterocycles. The predicted molar refractivity (Wildman–Crippen MR) is 121 cm³/mol. The molecule has 4 N–H and O–H groups in total. The van der Waals surface area contributed by atoms with Crippen LogP contribution in [0.15, 0.2) is 53.3 Å². The molecule has 12 heteroatoms. The highest BCUT2D eigenvalue weighted by atomic mass is 16.5. The largest absolute Gasteiger partial charge is 0.373 e. The van der Waals surface area contributed by atoms with Gasteiger partial charge in [-0.3, -0.25) is 9.48 Å². The fraction of sp³-hybridized carbons (Fsp3) is 0.273. The Balaban J connectivity index is 1.38. The van der Waals surface area contributed by atoms with Gasteiger partial charge in [0.1, 0.15) is 5.69 Å². The average Bonchev–Trinajstić information content (AvgIpc) is 3.58. The molecule has 34 heavy (non-hydrogen) atoms. The van der Waals surface area contributed by atoms with E-state index in [4.69, 9.17) is 10.3 Å². The highest BCUT2D eigenvalue weighted by Crippen LogP contribution is 2.34. The van der Waals surface area contributed by atoms with Gasteiger partial charge in [-0.15, -0.1) is 0 Å². The van der Waals surface area contributed by atoms with E-state index in [2.05, 4.69) is 30.5 Å². The number of pyridine rings is 1. The third kappa shape index (κ3) is 4.00. The van der Waals surface area contributed by atoms with Crippen molar-refractivity contribution in [2.45, 2.75) is 18.6 Å². The van der Waals surface area contributed by atoms with Gasteiger partial charge in [0.05, 0.1) is 23.6 Å². The van der Waals surface area contributed by atoms with Gasteiger partial charge in [-0.1, -0.05) is 11.2 Å². The number of aromatic nitrogens is 6. The standard InChI is InChI=1S/C22H23N9O3/c1-30-11-7-22(33,20(30)32)18-13-17(29-34-18)15-4-2-3-14(25-15)16-5-9-24-21(26-16)27-19-6-10-31(28-19)12-8-23/h2-6,9-10,13,33H,7-8,11-12,23H2,1H3,(H,24,26,27,28). The van der Waals surface area contributed by atoms with Crippen LogP contribution in [0.1, 0.15) is 12.2 Å². The topological polar surface area (TPSA) is 161 Å². The van der Waals surface area contributed by atoms with E-state index in [0.29, 0.717) is 54.2 Å². The molecule has 1 aliphatic rings. The summed E-state index contributed by atoms with van der Waals surface area (Å²) in [6, 6.07) is 10.5. The number of amides is 1. The molecule has 0 bridgehead atoms. The molecular formula is C22H23N9O3. The van der Waals surface area contributed by atoms with Gasteiger partial charge in [-0.05, 0) is 18.2 Å². The molecule has 1 unspecified atom stereocenters. The molecule has 174 valence electrons. The van der Waals surface area contributed by atoms with Crippen molar-refractivity contribution in [1.29, 1.82) is 0 Å². The minimum absolute atomic E-state index is 0.103. The minimum atomic E-state index is -1.71. The zero-order valence-electron chi connectivity index (χ0n) is 18.4. The minimum Gasteiger partial charge on any atom is -0.373 e. The van der Waals surface area contributed by atoms with Crippen molar-refractivity contribution >= 4 is 17.7 Å². The molecule has 4 aromatic rings. The van der Waals surface area contributed by atoms with Crippen LogP contribution in [0, 0.1) is 0 Å². The summed E-state index contributed by atoms with van der Waals surface area (Å²) in [5, 5.41) is 22.3. The number of nitrogens with two attached hydrogens (primary N) is 1. The Morgan fingerprint density at radius 3 is 2.74 bits per heavy atom. The van der Waals surface area contributed by atoms with Gasteiger partial charge in [-0.25, -0.2) is 15.0 Å². The lowest BCUT2D eigenvalue weighted by molar-refractivity contribution is -0.144. The first-order valence-electron chi connectivity index (χ1n) is 10.7. The fourth-order valence-electron chi connectivity index (χ4n) is 3.75. The normalized spacial score (nSPS) is 18.0. The molecule has 5 rings (SSSR count). The molecular weight excluding hydrogens is 438 g/mol. The zero-order chi connectivity index (χ0) is 23.7. The lowest BCUT2D eigenvalue weighted by atomic mass is 9.98. The number of carbonyl (C=O) groups is 1. The van der Waals surface area contributed by atoms with E-state index in [1.807, 2.05) is 24.4 Å². The summed E-state index contributed by atoms with van der Waals surface area (Å²) in [5.74, 6) is 0.669. The number of likely N-dealkylation sites (tertiary alicyclic amines) is 1. The van der Waals surface area contributed by atoms with Crippen molar-refractivity contribution in [3.8, 4) is 22.8 Å². The number of nitrogens with one attached hydrogen (secondary N) is 1. The highest BCUT2D eigenvalue weighted by molar-refractivity contribution is 5.87. The Hall–Kier alpha value is -4.16. The van der Waals surface area contributed by atoms with Crippen LogP contribution in [-0.2, 0) is 16.9 Å². The number of hydrogen-bond acceptors (Lipinski definition) is 10. The Morgan fingerprint density at radius 1 is 1.18 bits per heavy atom. The summed E-state index contributed by atoms with van der Waals surface area (Å²) in [4.78, 5) is 27.2. The van der Waals surface area contributed by atoms with Crippen LogP contribution in [0.4, 0.5) is 11.8 Å². The van der Waals surface area contributed by atoms with Gasteiger partial charge in [0.15, 0.2) is 11.6 Å². The third-order valence-corrected chi connectivity index (χ3v) is 5.60. The summed E-state index contributed by atoms with van der Waals surface area (Å²) < 4.78 is 7.07. The molecule has 0 radical (unpaired) electrons. The SMILES string of the molecule is CN1CCC(O)(c2cc(-c3cccc(-c4ccnc(Nc5ccn(CCN)n5)n4)n3)no2)C1=O. The molecule has 12 nitrogen and oxygen atoms in total. The van der Waals surface area contributed by atoms with Gasteiger partial charge in [0.2, 0.25) is 11.5 Å². The number of nitrogens with zero attached hydrogens (tertiary/aromatic N) is 7. The maximum Gasteiger partial charge on any atom is 0.262 e. The van der Waals surface area contributed by atoms with E-state index >= 15 is 0 Å². The van der Waals surface area contributed by atoms with Gasteiger partial charge >= 0.3 is 0 Å². The first-order valence-corrected chi connectivity index (χ1v) is 10.7. The van der Waals surface area contributed by atoms with E-state index in [1.54, 1.807) is 36.1 Å². The molecule has 1 amide bonds. The lowest BCUT2D eigenvalue weighted by Gasteiger charge is -2.16. The summed E-state index contributed by atoms with van der Waals surface area (Å²) >= 11 is 0. The van der Waals surface area contributed by atoms with E-state index in [-0.39, 0.29) is 12.2 Å². The Kier molecular flexibility index (Phi) is 5.51. The van der Waals surface area contributed by atoms with Crippen LogP contribution < -0.4 is 11.1 Å². The number of rotatable bonds is 7. The summed E-state index contributed by atoms with van der Waals surface area (Å²) in [6.07, 6.45) is 3.69. The van der Waals surface area contributed by atoms with Gasteiger partial charge in [0, 0.05) is 51.1 Å². The number of carbonyl (C=O) groups excluding carboxylic acids is 1. The molecule has 0 aromatic carbocycles. The van der Waals surface area contributed by atoms with Crippen LogP contribution in [0.25, 0.3) is 22.8 Å². The second-order valence-electron chi connectivity index (χ2n) is 7.96. The van der Waals surface area contributed by atoms with Gasteiger partial charge < -0.3 is 25.6 Å². The summed E-state index contributed by atoms with van der Waals surface area (Å²) in [5.41, 5.74) is 5.97. The molecule has 1 fully saturated rings. The number of anilines is 2. The van der Waals surface area contributed by atoms with Crippen LogP contribution in [0.5, 0.6) is 0 Å². The van der Waals surface area contributed by atoms with Crippen molar-refractivity contribution in [2.24, 2.45) is 5.73 Å². The lowest BCUT2D eigenvalue weighted by Crippen LogP contribution is -2.35. The second kappa shape index (κ2) is 8.65. The Labute approximate surface area is 194 Å². The van der Waals surface area contributed by atoms with E-state index in [9.17, 15) is 9.90 Å². The Morgan fingerprint density at radius 2 is 1.97 bits per heavy atom. The van der Waals surface area contributed by atoms with Crippen LogP contribution in [0.3, 0.4) is 0 Å². The second-order valence-corrected chi connectivity index (χ2v) is 7.96. The molecule has 0 aliphatic carbocycles. The van der Waals surface area contributed by atoms with Crippen molar-refractivity contribution in [2.75, 3.05) is 25.5 Å². The average molecular weight is 461 g/mol. The van der Waals surface area contributed by atoms with E-state index < -0.39 is 11.5 Å². The highest BCUT2D eigenvalue weighted by Gasteiger charge is 2.48. The molecule has 0 saturated carbocycles. The smallest absolute Gasteiger partial charge is 0.262 e. The summed E-state index contributed by atoms with van der Waals surface area (Å²) in [7, 11) is 1.64. The fourth-order valence-corrected chi connectivity index (χ4v) is 3.75. The summed E-state index contributed by atoms with van der Waals surface area (Å²) in [6.45, 7) is 1.55. The number of aliphatic hydroxyl groups is 1. The first kappa shape index (κ1) is 21.7. The van der Waals surface area contributed by atoms with Gasteiger partial charge in [0.25, 0.3) is 5.91 Å². The van der Waals surface area contributed by atoms with Crippen LogP contribution in [0.2, 0.25) is 0 Å². The molecule has 5 heterocycles. The number of likely N-dealkylation sites (N-methyl/N-ethyl adjacent to an activating group) is 1. The molecule has 1 saturated heterocycles. The van der Waals surface area contributed by atoms with Crippen molar-refractivity contribution in [3.05, 3.63) is 54.6 Å². The maximum absolute atomic E-state index is 12.4. The molecule has 0 spiro atoms. The van der Waals surface area contributed by atoms with Gasteiger partial charge in [-0.2, -0.15) is 5.10 Å². The first-order chi connectivity index (χ1) is 16.5. The monoisotopic (exact) mass is 461 g/mol. The molecule has 1 atom stereocenters. The predicted octanol–water partition coefficient (Wildman–Crippen LogP) is 1.14. The van der Waals surface area contributed by atoms with Crippen molar-refractivity contribution in [1.82, 2.24) is 34.8 Å². The zero-order valence-corrected chi connectivity index (χ0v) is 18.4. The van der Waals surface area contributed by atoms with E-state index in [0.717, 1.165) is 0 Å². The quantitative estimate of drug-likeness (QED) is 0.364. The maximum atomic E-state index is 12.4. The van der Waals surface area contributed by atoms with Crippen LogP contribution >= 0.6 is 0 Å². The van der Waals surface area contributed by atoms with Crippen molar-refractivity contribution in [3.63, 3.8) is 0 Å².